The SMILES string of the molecule is [Ir].[Ir].[c-]1cc(-c2ccccc2)ccc1-c1ccccn1.[c-]1ccc(-c2ccccc2)cc1-c1ccccn1.[c-]1ccccc1-c1ccccn1.[c-]1ccccc1-c1ccccn1. The molecule has 0 bridgehead atoms. The fraction of sp³-hybridized carbons (Fsp3) is 0. The van der Waals surface area contributed by atoms with Crippen molar-refractivity contribution in [3.05, 3.63) is 267 Å². The van der Waals surface area contributed by atoms with E-state index in [1.807, 2.05) is 170 Å². The molecule has 0 unspecified atom stereocenters. The molecule has 4 heterocycles. The summed E-state index contributed by atoms with van der Waals surface area (Å²) < 4.78 is 0. The molecule has 10 aromatic rings. The molecular formula is C56H40Ir2N4-4. The number of nitrogens with zero attached hydrogens (tertiary/aromatic N) is 4. The Hall–Kier alpha value is -6.78. The van der Waals surface area contributed by atoms with Gasteiger partial charge >= 0.3 is 0 Å². The Bertz CT molecular complexity index is 2430. The number of hydrogen-bond donors (Lipinski definition) is 0. The first-order chi connectivity index (χ1) is 29.8. The van der Waals surface area contributed by atoms with E-state index in [9.17, 15) is 0 Å². The zero-order valence-corrected chi connectivity index (χ0v) is 38.3. The Balaban J connectivity index is 0.000000157. The topological polar surface area (TPSA) is 51.6 Å². The molecule has 4 nitrogen and oxygen atoms in total. The molecule has 6 aromatic carbocycles. The molecule has 0 fully saturated rings. The molecule has 4 aromatic heterocycles. The van der Waals surface area contributed by atoms with Gasteiger partial charge in [0.05, 0.1) is 0 Å². The van der Waals surface area contributed by atoms with Gasteiger partial charge < -0.3 is 19.9 Å². The Morgan fingerprint density at radius 3 is 1.03 bits per heavy atom. The molecule has 0 aliphatic heterocycles. The van der Waals surface area contributed by atoms with Gasteiger partial charge in [0.25, 0.3) is 0 Å². The Morgan fingerprint density at radius 2 is 0.645 bits per heavy atom. The first-order valence-corrected chi connectivity index (χ1v) is 19.5. The first-order valence-electron chi connectivity index (χ1n) is 19.5. The molecule has 0 aliphatic rings. The number of hydrogen-bond acceptors (Lipinski definition) is 4. The van der Waals surface area contributed by atoms with Gasteiger partial charge in [-0.2, -0.15) is 0 Å². The molecule has 0 aliphatic carbocycles. The standard InChI is InChI=1S/2C17H12N.2C11H8N.2Ir/c1-2-7-14(8-3-1)15-9-6-10-16(13-15)17-11-4-5-12-18-17;1-2-6-14(7-3-1)15-9-11-16(12-10-15)17-8-4-5-13-18-17;2*1-2-6-10(7-3-1)11-8-4-5-9-12-11;;/h1-9,11-13H;1-11,13H;2*1-6,8-9H;;/q4*-1;;. The van der Waals surface area contributed by atoms with Gasteiger partial charge in [0.1, 0.15) is 0 Å². The van der Waals surface area contributed by atoms with Gasteiger partial charge in [-0.1, -0.05) is 120 Å². The van der Waals surface area contributed by atoms with E-state index in [2.05, 4.69) is 92.7 Å². The van der Waals surface area contributed by atoms with Crippen LogP contribution >= 0.6 is 0 Å². The minimum Gasteiger partial charge on any atom is -0.305 e. The van der Waals surface area contributed by atoms with E-state index in [1.54, 1.807) is 24.8 Å². The average Bonchev–Trinajstić information content (AvgIpc) is 3.37. The van der Waals surface area contributed by atoms with Crippen LogP contribution in [0.2, 0.25) is 0 Å². The predicted octanol–water partition coefficient (Wildman–Crippen LogP) is 13.5. The van der Waals surface area contributed by atoms with Crippen LogP contribution in [0.25, 0.3) is 67.3 Å². The van der Waals surface area contributed by atoms with Crippen molar-refractivity contribution in [2.24, 2.45) is 0 Å². The number of rotatable bonds is 6. The fourth-order valence-corrected chi connectivity index (χ4v) is 6.01. The van der Waals surface area contributed by atoms with Crippen molar-refractivity contribution >= 4 is 0 Å². The van der Waals surface area contributed by atoms with Crippen LogP contribution in [0.15, 0.2) is 243 Å². The molecule has 6 heteroatoms. The molecule has 62 heavy (non-hydrogen) atoms. The van der Waals surface area contributed by atoms with Crippen molar-refractivity contribution in [1.29, 1.82) is 0 Å². The molecule has 10 rings (SSSR count). The van der Waals surface area contributed by atoms with Crippen LogP contribution in [-0.2, 0) is 40.2 Å². The fourth-order valence-electron chi connectivity index (χ4n) is 6.01. The van der Waals surface area contributed by atoms with E-state index in [4.69, 9.17) is 0 Å². The maximum atomic E-state index is 4.35. The molecule has 0 saturated carbocycles. The normalized spacial score (nSPS) is 9.68. The van der Waals surface area contributed by atoms with Crippen LogP contribution in [0, 0.1) is 24.3 Å². The number of aromatic nitrogens is 4. The first kappa shape index (κ1) is 46.3. The molecule has 0 spiro atoms. The van der Waals surface area contributed by atoms with Gasteiger partial charge in [-0.15, -0.1) is 137 Å². The van der Waals surface area contributed by atoms with E-state index < -0.39 is 0 Å². The van der Waals surface area contributed by atoms with Crippen LogP contribution in [0.4, 0.5) is 0 Å². The van der Waals surface area contributed by atoms with Gasteiger partial charge in [-0.3, -0.25) is 0 Å². The second-order valence-electron chi connectivity index (χ2n) is 13.1. The number of benzene rings is 6. The van der Waals surface area contributed by atoms with Gasteiger partial charge in [0.15, 0.2) is 0 Å². The maximum absolute atomic E-state index is 4.35. The molecule has 2 radical (unpaired) electrons. The van der Waals surface area contributed by atoms with Gasteiger partial charge in [-0.05, 0) is 52.6 Å². The molecule has 0 saturated heterocycles. The number of pyridine rings is 4. The van der Waals surface area contributed by atoms with E-state index >= 15 is 0 Å². The van der Waals surface area contributed by atoms with E-state index in [1.165, 1.54) is 22.3 Å². The molecular weight excluding hydrogens is 1110 g/mol. The smallest absolute Gasteiger partial charge is 0.0160 e. The largest absolute Gasteiger partial charge is 0.305 e. The minimum absolute atomic E-state index is 0. The molecule has 0 atom stereocenters. The minimum atomic E-state index is 0. The van der Waals surface area contributed by atoms with Crippen molar-refractivity contribution in [1.82, 2.24) is 19.9 Å². The summed E-state index contributed by atoms with van der Waals surface area (Å²) in [6, 6.07) is 84.9. The third-order valence-electron chi connectivity index (χ3n) is 9.01. The second-order valence-corrected chi connectivity index (χ2v) is 13.1. The summed E-state index contributed by atoms with van der Waals surface area (Å²) >= 11 is 0. The summed E-state index contributed by atoms with van der Waals surface area (Å²) in [5.41, 5.74) is 12.8. The summed E-state index contributed by atoms with van der Waals surface area (Å²) in [5.74, 6) is 0. The van der Waals surface area contributed by atoms with Crippen molar-refractivity contribution < 1.29 is 40.2 Å². The van der Waals surface area contributed by atoms with E-state index in [0.717, 1.165) is 45.0 Å². The summed E-state index contributed by atoms with van der Waals surface area (Å²) in [7, 11) is 0. The zero-order chi connectivity index (χ0) is 40.9. The Kier molecular flexibility index (Phi) is 19.2. The van der Waals surface area contributed by atoms with Crippen molar-refractivity contribution in [3.63, 3.8) is 0 Å². The monoisotopic (exact) mass is 1150 g/mol. The molecule has 0 amide bonds. The van der Waals surface area contributed by atoms with Crippen LogP contribution in [0.5, 0.6) is 0 Å². The third-order valence-corrected chi connectivity index (χ3v) is 9.01. The van der Waals surface area contributed by atoms with Crippen molar-refractivity contribution in [2.75, 3.05) is 0 Å². The summed E-state index contributed by atoms with van der Waals surface area (Å²) in [6.07, 6.45) is 7.18. The maximum Gasteiger partial charge on any atom is 0.0160 e. The summed E-state index contributed by atoms with van der Waals surface area (Å²) in [6.45, 7) is 0. The summed E-state index contributed by atoms with van der Waals surface area (Å²) in [5, 5.41) is 0. The third kappa shape index (κ3) is 14.2. The molecule has 306 valence electrons. The van der Waals surface area contributed by atoms with E-state index in [-0.39, 0.29) is 40.2 Å². The van der Waals surface area contributed by atoms with Gasteiger partial charge in [-0.25, -0.2) is 0 Å². The van der Waals surface area contributed by atoms with Gasteiger partial charge in [0, 0.05) is 65.0 Å². The van der Waals surface area contributed by atoms with Crippen LogP contribution in [0.1, 0.15) is 0 Å². The van der Waals surface area contributed by atoms with Gasteiger partial charge in [0.2, 0.25) is 0 Å². The summed E-state index contributed by atoms with van der Waals surface area (Å²) in [4.78, 5) is 17.1. The van der Waals surface area contributed by atoms with Crippen molar-refractivity contribution in [2.45, 2.75) is 0 Å². The van der Waals surface area contributed by atoms with E-state index in [0.29, 0.717) is 0 Å². The average molecular weight is 1150 g/mol. The predicted molar refractivity (Wildman–Crippen MR) is 245 cm³/mol. The van der Waals surface area contributed by atoms with Crippen LogP contribution < -0.4 is 0 Å². The quantitative estimate of drug-likeness (QED) is 0.156. The Labute approximate surface area is 392 Å². The van der Waals surface area contributed by atoms with Crippen LogP contribution in [0.3, 0.4) is 0 Å². The molecule has 0 N–H and O–H groups in total. The van der Waals surface area contributed by atoms with Crippen molar-refractivity contribution in [3.8, 4) is 67.3 Å². The Morgan fingerprint density at radius 1 is 0.258 bits per heavy atom. The second kappa shape index (κ2) is 25.8. The van der Waals surface area contributed by atoms with Crippen LogP contribution in [-0.4, -0.2) is 19.9 Å². The zero-order valence-electron chi connectivity index (χ0n) is 33.5.